The van der Waals surface area contributed by atoms with Crippen molar-refractivity contribution in [1.29, 1.82) is 0 Å². The molecule has 30 heavy (non-hydrogen) atoms. The first-order valence-corrected chi connectivity index (χ1v) is 9.98. The van der Waals surface area contributed by atoms with E-state index < -0.39 is 11.7 Å². The number of halogens is 3. The van der Waals surface area contributed by atoms with Crippen LogP contribution in [0, 0.1) is 11.7 Å². The van der Waals surface area contributed by atoms with E-state index in [0.29, 0.717) is 43.3 Å². The van der Waals surface area contributed by atoms with Gasteiger partial charge in [0.05, 0.1) is 24.1 Å². The van der Waals surface area contributed by atoms with Gasteiger partial charge in [0.25, 0.3) is 0 Å². The van der Waals surface area contributed by atoms with E-state index in [4.69, 9.17) is 16.6 Å². The van der Waals surface area contributed by atoms with Gasteiger partial charge in [-0.3, -0.25) is 4.90 Å². The van der Waals surface area contributed by atoms with Crippen LogP contribution in [0.15, 0.2) is 41.0 Å². The van der Waals surface area contributed by atoms with Crippen LogP contribution in [-0.2, 0) is 19.9 Å². The molecule has 1 fully saturated rings. The number of benzene rings is 1. The number of piperazine rings is 1. The van der Waals surface area contributed by atoms with Crippen molar-refractivity contribution in [2.45, 2.75) is 19.8 Å². The molecule has 1 aliphatic heterocycles. The number of hydrogen-bond acceptors (Lipinski definition) is 5. The number of furan rings is 1. The van der Waals surface area contributed by atoms with Crippen molar-refractivity contribution in [1.82, 2.24) is 19.2 Å². The monoisotopic (exact) mass is 437 g/mol. The first-order chi connectivity index (χ1) is 14.2. The van der Waals surface area contributed by atoms with Gasteiger partial charge in [0.1, 0.15) is 5.76 Å². The highest BCUT2D eigenvalue weighted by Gasteiger charge is 2.31. The molecule has 0 aliphatic carbocycles. The number of anilines is 1. The summed E-state index contributed by atoms with van der Waals surface area (Å²) < 4.78 is 48.6. The molecule has 1 saturated heterocycles. The second kappa shape index (κ2) is 7.92. The van der Waals surface area contributed by atoms with Gasteiger partial charge in [0, 0.05) is 38.9 Å². The van der Waals surface area contributed by atoms with Crippen LogP contribution in [0.5, 0.6) is 0 Å². The molecule has 0 unspecified atom stereocenters. The van der Waals surface area contributed by atoms with E-state index in [1.54, 1.807) is 17.0 Å². The Hall–Kier alpha value is -2.59. The van der Waals surface area contributed by atoms with Crippen LogP contribution in [0.25, 0.3) is 11.4 Å². The maximum absolute atomic E-state index is 13.0. The molecule has 4 rings (SSSR count). The summed E-state index contributed by atoms with van der Waals surface area (Å²) in [5, 5.41) is 4.66. The molecule has 0 atom stereocenters. The van der Waals surface area contributed by atoms with E-state index in [1.807, 2.05) is 29.5 Å². The molecular weight excluding hydrogens is 415 g/mol. The van der Waals surface area contributed by atoms with E-state index in [1.165, 1.54) is 12.1 Å². The molecule has 0 radical (unpaired) electrons. The minimum absolute atomic E-state index is 0.528. The molecule has 0 amide bonds. The molecule has 0 N–H and O–H groups in total. The van der Waals surface area contributed by atoms with Gasteiger partial charge in [-0.25, -0.2) is 4.68 Å². The summed E-state index contributed by atoms with van der Waals surface area (Å²) in [6.45, 7) is 5.08. The third-order valence-electron chi connectivity index (χ3n) is 5.39. The first kappa shape index (κ1) is 20.7. The maximum atomic E-state index is 13.0. The highest BCUT2D eigenvalue weighted by molar-refractivity contribution is 7.71. The fraction of sp³-hybridized carbons (Fsp3) is 0.400. The Labute approximate surface area is 177 Å². The predicted octanol–water partition coefficient (Wildman–Crippen LogP) is 4.32. The Kier molecular flexibility index (Phi) is 5.46. The van der Waals surface area contributed by atoms with Crippen LogP contribution in [0.4, 0.5) is 18.9 Å². The molecule has 3 heterocycles. The zero-order valence-electron chi connectivity index (χ0n) is 16.7. The topological polar surface area (TPSA) is 42.4 Å². The SMILES string of the molecule is Cc1occc1-c1nn(CN2CCN(c3cccc(C(F)(F)F)c3)CC2)c(=S)n1C. The summed E-state index contributed by atoms with van der Waals surface area (Å²) in [5.41, 5.74) is 0.873. The van der Waals surface area contributed by atoms with Gasteiger partial charge < -0.3 is 13.9 Å². The number of alkyl halides is 3. The average molecular weight is 437 g/mol. The van der Waals surface area contributed by atoms with E-state index in [0.717, 1.165) is 23.2 Å². The lowest BCUT2D eigenvalue weighted by atomic mass is 10.1. The maximum Gasteiger partial charge on any atom is 0.416 e. The van der Waals surface area contributed by atoms with Crippen LogP contribution < -0.4 is 4.90 Å². The summed E-state index contributed by atoms with van der Waals surface area (Å²) >= 11 is 5.54. The summed E-state index contributed by atoms with van der Waals surface area (Å²) in [4.78, 5) is 4.17. The minimum Gasteiger partial charge on any atom is -0.469 e. The van der Waals surface area contributed by atoms with Crippen molar-refractivity contribution in [3.05, 3.63) is 52.7 Å². The van der Waals surface area contributed by atoms with Gasteiger partial charge >= 0.3 is 6.18 Å². The van der Waals surface area contributed by atoms with Crippen LogP contribution in [0.3, 0.4) is 0 Å². The normalized spacial score (nSPS) is 15.7. The van der Waals surface area contributed by atoms with Gasteiger partial charge in [-0.05, 0) is 43.4 Å². The molecule has 0 saturated carbocycles. The van der Waals surface area contributed by atoms with Crippen molar-refractivity contribution in [2.75, 3.05) is 31.1 Å². The highest BCUT2D eigenvalue weighted by atomic mass is 32.1. The van der Waals surface area contributed by atoms with Crippen LogP contribution in [-0.4, -0.2) is 45.4 Å². The fourth-order valence-electron chi connectivity index (χ4n) is 3.65. The second-order valence-electron chi connectivity index (χ2n) is 7.35. The summed E-state index contributed by atoms with van der Waals surface area (Å²) in [6.07, 6.45) is -2.71. The molecule has 1 aliphatic rings. The summed E-state index contributed by atoms with van der Waals surface area (Å²) in [6, 6.07) is 7.35. The molecule has 160 valence electrons. The van der Waals surface area contributed by atoms with Gasteiger partial charge in [0.2, 0.25) is 0 Å². The quantitative estimate of drug-likeness (QED) is 0.569. The zero-order chi connectivity index (χ0) is 21.5. The predicted molar refractivity (Wildman–Crippen MR) is 110 cm³/mol. The molecular formula is C20H22F3N5OS. The third-order valence-corrected chi connectivity index (χ3v) is 5.87. The molecule has 1 aromatic carbocycles. The fourth-order valence-corrected chi connectivity index (χ4v) is 3.83. The summed E-state index contributed by atoms with van der Waals surface area (Å²) in [7, 11) is 1.87. The lowest BCUT2D eigenvalue weighted by Gasteiger charge is -2.36. The lowest BCUT2D eigenvalue weighted by molar-refractivity contribution is -0.137. The second-order valence-corrected chi connectivity index (χ2v) is 7.71. The molecule has 6 nitrogen and oxygen atoms in total. The number of nitrogens with zero attached hydrogens (tertiary/aromatic N) is 5. The lowest BCUT2D eigenvalue weighted by Crippen LogP contribution is -2.47. The number of hydrogen-bond donors (Lipinski definition) is 0. The van der Waals surface area contributed by atoms with Gasteiger partial charge in [-0.1, -0.05) is 6.07 Å². The molecule has 3 aromatic rings. The largest absolute Gasteiger partial charge is 0.469 e. The van der Waals surface area contributed by atoms with E-state index in [-0.39, 0.29) is 0 Å². The Balaban J connectivity index is 1.44. The van der Waals surface area contributed by atoms with Gasteiger partial charge in [0.15, 0.2) is 10.6 Å². The standard InChI is InChI=1S/C20H22F3N5OS/c1-14-17(6-11-29-14)18-24-28(19(30)25(18)2)13-26-7-9-27(10-8-26)16-5-3-4-15(12-16)20(21,22)23/h3-6,11-12H,7-10,13H2,1-2H3. The molecule has 0 spiro atoms. The van der Waals surface area contributed by atoms with Crippen LogP contribution >= 0.6 is 12.2 Å². The smallest absolute Gasteiger partial charge is 0.416 e. The van der Waals surface area contributed by atoms with Crippen molar-refractivity contribution < 1.29 is 17.6 Å². The average Bonchev–Trinajstić information content (AvgIpc) is 3.26. The van der Waals surface area contributed by atoms with E-state index in [9.17, 15) is 13.2 Å². The Morgan fingerprint density at radius 1 is 1.13 bits per heavy atom. The Bertz CT molecular complexity index is 1090. The van der Waals surface area contributed by atoms with Crippen LogP contribution in [0.1, 0.15) is 11.3 Å². The molecule has 0 bridgehead atoms. The van der Waals surface area contributed by atoms with E-state index >= 15 is 0 Å². The molecule has 2 aromatic heterocycles. The summed E-state index contributed by atoms with van der Waals surface area (Å²) in [5.74, 6) is 1.52. The Morgan fingerprint density at radius 3 is 2.50 bits per heavy atom. The van der Waals surface area contributed by atoms with Crippen molar-refractivity contribution in [2.24, 2.45) is 7.05 Å². The van der Waals surface area contributed by atoms with Crippen molar-refractivity contribution in [3.63, 3.8) is 0 Å². The Morgan fingerprint density at radius 2 is 1.87 bits per heavy atom. The van der Waals surface area contributed by atoms with Gasteiger partial charge in [-0.2, -0.15) is 18.3 Å². The first-order valence-electron chi connectivity index (χ1n) is 9.57. The van der Waals surface area contributed by atoms with Crippen LogP contribution in [0.2, 0.25) is 0 Å². The van der Waals surface area contributed by atoms with Crippen molar-refractivity contribution in [3.8, 4) is 11.4 Å². The van der Waals surface area contributed by atoms with Gasteiger partial charge in [-0.15, -0.1) is 0 Å². The third kappa shape index (κ3) is 4.01. The number of rotatable bonds is 4. The number of aryl methyl sites for hydroxylation is 1. The highest BCUT2D eigenvalue weighted by Crippen LogP contribution is 2.32. The number of aromatic nitrogens is 3. The van der Waals surface area contributed by atoms with Crippen molar-refractivity contribution >= 4 is 17.9 Å². The zero-order valence-corrected chi connectivity index (χ0v) is 17.5. The van der Waals surface area contributed by atoms with E-state index in [2.05, 4.69) is 10.00 Å². The molecule has 10 heteroatoms. The minimum atomic E-state index is -4.33.